The van der Waals surface area contributed by atoms with Gasteiger partial charge in [0.1, 0.15) is 0 Å². The molecular formula is C4H5F4NO. The average molecular weight is 159 g/mol. The molecule has 2 nitrogen and oxygen atoms in total. The lowest BCUT2D eigenvalue weighted by Crippen LogP contribution is -2.29. The van der Waals surface area contributed by atoms with Crippen molar-refractivity contribution >= 4 is 5.91 Å². The van der Waals surface area contributed by atoms with Crippen molar-refractivity contribution in [2.45, 2.75) is 18.8 Å². The number of amides is 1. The number of carbonyl (C=O) groups excluding carboxylic acids is 1. The topological polar surface area (TPSA) is 43.1 Å². The zero-order valence-corrected chi connectivity index (χ0v) is 4.78. The van der Waals surface area contributed by atoms with E-state index >= 15 is 0 Å². The summed E-state index contributed by atoms with van der Waals surface area (Å²) in [5, 5.41) is 0. The number of primary amides is 1. The molecule has 1 unspecified atom stereocenters. The SMILES string of the molecule is NC(=O)CC(F)C(F)(F)F. The molecule has 60 valence electrons. The largest absolute Gasteiger partial charge is 0.420 e. The molecule has 0 aliphatic rings. The highest BCUT2D eigenvalue weighted by atomic mass is 19.4. The maximum absolute atomic E-state index is 11.7. The van der Waals surface area contributed by atoms with Crippen LogP contribution in [-0.2, 0) is 4.79 Å². The van der Waals surface area contributed by atoms with Gasteiger partial charge in [-0.2, -0.15) is 13.2 Å². The number of rotatable bonds is 2. The first-order valence-corrected chi connectivity index (χ1v) is 2.33. The zero-order chi connectivity index (χ0) is 8.36. The molecule has 0 aromatic heterocycles. The highest BCUT2D eigenvalue weighted by Gasteiger charge is 2.40. The van der Waals surface area contributed by atoms with E-state index in [1.54, 1.807) is 0 Å². The Labute approximate surface area is 54.0 Å². The fourth-order valence-corrected chi connectivity index (χ4v) is 0.292. The van der Waals surface area contributed by atoms with Crippen LogP contribution in [0.5, 0.6) is 0 Å². The minimum Gasteiger partial charge on any atom is -0.370 e. The quantitative estimate of drug-likeness (QED) is 0.594. The van der Waals surface area contributed by atoms with Crippen LogP contribution in [-0.4, -0.2) is 18.3 Å². The molecule has 0 fully saturated rings. The van der Waals surface area contributed by atoms with Crippen molar-refractivity contribution in [2.75, 3.05) is 0 Å². The summed E-state index contributed by atoms with van der Waals surface area (Å²) in [6, 6.07) is 0. The number of nitrogens with two attached hydrogens (primary N) is 1. The van der Waals surface area contributed by atoms with Crippen LogP contribution in [0, 0.1) is 0 Å². The van der Waals surface area contributed by atoms with E-state index < -0.39 is 24.7 Å². The minimum atomic E-state index is -4.98. The maximum atomic E-state index is 11.7. The maximum Gasteiger partial charge on any atom is 0.420 e. The van der Waals surface area contributed by atoms with Crippen molar-refractivity contribution in [2.24, 2.45) is 5.73 Å². The summed E-state index contributed by atoms with van der Waals surface area (Å²) in [4.78, 5) is 9.74. The number of alkyl halides is 4. The zero-order valence-electron chi connectivity index (χ0n) is 4.78. The van der Waals surface area contributed by atoms with Gasteiger partial charge >= 0.3 is 6.18 Å². The second-order valence-electron chi connectivity index (χ2n) is 1.68. The lowest BCUT2D eigenvalue weighted by Gasteiger charge is -2.08. The molecule has 0 bridgehead atoms. The summed E-state index contributed by atoms with van der Waals surface area (Å²) in [6.07, 6.45) is -9.41. The monoisotopic (exact) mass is 159 g/mol. The van der Waals surface area contributed by atoms with Gasteiger partial charge in [-0.15, -0.1) is 0 Å². The molecule has 1 atom stereocenters. The molecule has 0 rings (SSSR count). The summed E-state index contributed by atoms with van der Waals surface area (Å²) >= 11 is 0. The molecular weight excluding hydrogens is 154 g/mol. The molecule has 0 aliphatic carbocycles. The van der Waals surface area contributed by atoms with Gasteiger partial charge < -0.3 is 5.73 Å². The lowest BCUT2D eigenvalue weighted by molar-refractivity contribution is -0.183. The second-order valence-corrected chi connectivity index (χ2v) is 1.68. The van der Waals surface area contributed by atoms with Gasteiger partial charge in [-0.3, -0.25) is 4.79 Å². The standard InChI is InChI=1S/C4H5F4NO/c5-2(1-3(9)10)4(6,7)8/h2H,1H2,(H2,9,10). The van der Waals surface area contributed by atoms with Crippen molar-refractivity contribution in [3.63, 3.8) is 0 Å². The van der Waals surface area contributed by atoms with E-state index in [-0.39, 0.29) is 0 Å². The second kappa shape index (κ2) is 2.85. The fourth-order valence-electron chi connectivity index (χ4n) is 0.292. The van der Waals surface area contributed by atoms with Crippen molar-refractivity contribution in [1.82, 2.24) is 0 Å². The molecule has 0 spiro atoms. The number of halogens is 4. The Morgan fingerprint density at radius 1 is 1.50 bits per heavy atom. The predicted molar refractivity (Wildman–Crippen MR) is 24.8 cm³/mol. The third-order valence-electron chi connectivity index (χ3n) is 0.736. The van der Waals surface area contributed by atoms with Crippen molar-refractivity contribution < 1.29 is 22.4 Å². The van der Waals surface area contributed by atoms with Gasteiger partial charge in [-0.25, -0.2) is 4.39 Å². The van der Waals surface area contributed by atoms with Gasteiger partial charge in [-0.1, -0.05) is 0 Å². The molecule has 0 radical (unpaired) electrons. The normalized spacial score (nSPS) is 14.8. The Balaban J connectivity index is 3.85. The molecule has 1 amide bonds. The van der Waals surface area contributed by atoms with E-state index in [1.165, 1.54) is 0 Å². The van der Waals surface area contributed by atoms with Crippen LogP contribution >= 0.6 is 0 Å². The minimum absolute atomic E-state index is 1.30. The number of carbonyl (C=O) groups is 1. The Hall–Kier alpha value is -0.810. The first-order chi connectivity index (χ1) is 4.34. The summed E-state index contributed by atoms with van der Waals surface area (Å²) in [5.74, 6) is -1.30. The van der Waals surface area contributed by atoms with Crippen LogP contribution in [0.4, 0.5) is 17.6 Å². The summed E-state index contributed by atoms with van der Waals surface area (Å²) in [5.41, 5.74) is 4.31. The Morgan fingerprint density at radius 2 is 1.90 bits per heavy atom. The van der Waals surface area contributed by atoms with E-state index in [4.69, 9.17) is 0 Å². The van der Waals surface area contributed by atoms with E-state index in [2.05, 4.69) is 5.73 Å². The molecule has 0 heterocycles. The van der Waals surface area contributed by atoms with E-state index in [9.17, 15) is 22.4 Å². The van der Waals surface area contributed by atoms with Crippen LogP contribution < -0.4 is 5.73 Å². The molecule has 6 heteroatoms. The lowest BCUT2D eigenvalue weighted by atomic mass is 10.2. The third kappa shape index (κ3) is 3.26. The average Bonchev–Trinajstić information content (AvgIpc) is 1.60. The Bertz CT molecular complexity index is 132. The van der Waals surface area contributed by atoms with E-state index in [0.29, 0.717) is 0 Å². The number of hydrogen-bond donors (Lipinski definition) is 1. The van der Waals surface area contributed by atoms with Gasteiger partial charge in [0.25, 0.3) is 0 Å². The highest BCUT2D eigenvalue weighted by molar-refractivity contribution is 5.74. The molecule has 0 aromatic rings. The molecule has 0 aromatic carbocycles. The molecule has 0 aliphatic heterocycles. The first-order valence-electron chi connectivity index (χ1n) is 2.33. The number of hydrogen-bond acceptors (Lipinski definition) is 1. The van der Waals surface area contributed by atoms with Crippen molar-refractivity contribution in [3.8, 4) is 0 Å². The van der Waals surface area contributed by atoms with Crippen molar-refractivity contribution in [3.05, 3.63) is 0 Å². The molecule has 0 saturated carbocycles. The van der Waals surface area contributed by atoms with Crippen LogP contribution in [0.1, 0.15) is 6.42 Å². The van der Waals surface area contributed by atoms with Gasteiger partial charge in [0.15, 0.2) is 0 Å². The predicted octanol–water partition coefficient (Wildman–Crippen LogP) is 0.762. The molecule has 0 saturated heterocycles. The first kappa shape index (κ1) is 9.19. The van der Waals surface area contributed by atoms with E-state index in [1.807, 2.05) is 0 Å². The van der Waals surface area contributed by atoms with Crippen LogP contribution in [0.25, 0.3) is 0 Å². The summed E-state index contributed by atoms with van der Waals surface area (Å²) < 4.78 is 45.4. The molecule has 2 N–H and O–H groups in total. The van der Waals surface area contributed by atoms with Gasteiger partial charge in [-0.05, 0) is 0 Å². The summed E-state index contributed by atoms with van der Waals surface area (Å²) in [6.45, 7) is 0. The van der Waals surface area contributed by atoms with Crippen molar-refractivity contribution in [1.29, 1.82) is 0 Å². The summed E-state index contributed by atoms with van der Waals surface area (Å²) in [7, 11) is 0. The van der Waals surface area contributed by atoms with Gasteiger partial charge in [0, 0.05) is 0 Å². The third-order valence-corrected chi connectivity index (χ3v) is 0.736. The van der Waals surface area contributed by atoms with Gasteiger partial charge in [0.05, 0.1) is 6.42 Å². The smallest absolute Gasteiger partial charge is 0.370 e. The van der Waals surface area contributed by atoms with Crippen LogP contribution in [0.2, 0.25) is 0 Å². The Kier molecular flexibility index (Phi) is 2.62. The van der Waals surface area contributed by atoms with E-state index in [0.717, 1.165) is 0 Å². The van der Waals surface area contributed by atoms with Crippen LogP contribution in [0.3, 0.4) is 0 Å². The fraction of sp³-hybridized carbons (Fsp3) is 0.750. The highest BCUT2D eigenvalue weighted by Crippen LogP contribution is 2.24. The van der Waals surface area contributed by atoms with Gasteiger partial charge in [0.2, 0.25) is 12.1 Å². The molecule has 10 heavy (non-hydrogen) atoms. The Morgan fingerprint density at radius 3 is 2.00 bits per heavy atom. The van der Waals surface area contributed by atoms with Crippen LogP contribution in [0.15, 0.2) is 0 Å².